The SMILES string of the molecule is CCOCCNC(C)(C)C(=O)O. The highest BCUT2D eigenvalue weighted by Crippen LogP contribution is 2.00. The summed E-state index contributed by atoms with van der Waals surface area (Å²) in [5.74, 6) is -0.848. The molecule has 0 rings (SSSR count). The van der Waals surface area contributed by atoms with Gasteiger partial charge in [0.05, 0.1) is 6.61 Å². The van der Waals surface area contributed by atoms with Gasteiger partial charge in [0.25, 0.3) is 0 Å². The summed E-state index contributed by atoms with van der Waals surface area (Å²) in [6.07, 6.45) is 0. The van der Waals surface area contributed by atoms with Gasteiger partial charge in [-0.1, -0.05) is 0 Å². The van der Waals surface area contributed by atoms with Gasteiger partial charge in [-0.3, -0.25) is 4.79 Å². The molecule has 0 aliphatic heterocycles. The second-order valence-electron chi connectivity index (χ2n) is 3.05. The number of hydrogen-bond donors (Lipinski definition) is 2. The first-order chi connectivity index (χ1) is 5.50. The zero-order chi connectivity index (χ0) is 9.61. The van der Waals surface area contributed by atoms with Crippen molar-refractivity contribution in [2.24, 2.45) is 0 Å². The molecule has 2 N–H and O–H groups in total. The maximum absolute atomic E-state index is 10.6. The fraction of sp³-hybridized carbons (Fsp3) is 0.875. The molecule has 0 aliphatic rings. The summed E-state index contributed by atoms with van der Waals surface area (Å²) >= 11 is 0. The Morgan fingerprint density at radius 2 is 2.17 bits per heavy atom. The minimum atomic E-state index is -0.864. The van der Waals surface area contributed by atoms with Crippen LogP contribution >= 0.6 is 0 Å². The molecule has 0 aromatic carbocycles. The fourth-order valence-electron chi connectivity index (χ4n) is 0.656. The number of hydrogen-bond acceptors (Lipinski definition) is 3. The molecule has 0 aliphatic carbocycles. The summed E-state index contributed by atoms with van der Waals surface area (Å²) in [6, 6.07) is 0. The van der Waals surface area contributed by atoms with Crippen LogP contribution < -0.4 is 5.32 Å². The summed E-state index contributed by atoms with van der Waals surface area (Å²) in [5, 5.41) is 11.6. The van der Waals surface area contributed by atoms with Crippen molar-refractivity contribution in [3.8, 4) is 0 Å². The molecule has 0 fully saturated rings. The molecule has 0 aromatic rings. The van der Waals surface area contributed by atoms with Crippen LogP contribution in [0.5, 0.6) is 0 Å². The van der Waals surface area contributed by atoms with Crippen molar-refractivity contribution in [3.05, 3.63) is 0 Å². The minimum absolute atomic E-state index is 0.549. The first-order valence-corrected chi connectivity index (χ1v) is 4.07. The second kappa shape index (κ2) is 5.11. The molecular formula is C8H17NO3. The Labute approximate surface area is 72.9 Å². The maximum Gasteiger partial charge on any atom is 0.323 e. The first-order valence-electron chi connectivity index (χ1n) is 4.07. The van der Waals surface area contributed by atoms with Gasteiger partial charge >= 0.3 is 5.97 Å². The van der Waals surface area contributed by atoms with Crippen LogP contribution in [-0.4, -0.2) is 36.4 Å². The van der Waals surface area contributed by atoms with Crippen LogP contribution in [0.15, 0.2) is 0 Å². The smallest absolute Gasteiger partial charge is 0.323 e. The number of carbonyl (C=O) groups is 1. The molecule has 4 heteroatoms. The molecule has 0 unspecified atom stereocenters. The van der Waals surface area contributed by atoms with E-state index in [-0.39, 0.29) is 0 Å². The Bertz CT molecular complexity index is 145. The molecule has 0 atom stereocenters. The van der Waals surface area contributed by atoms with Gasteiger partial charge < -0.3 is 15.2 Å². The van der Waals surface area contributed by atoms with Crippen LogP contribution in [-0.2, 0) is 9.53 Å². The molecule has 0 saturated heterocycles. The van der Waals surface area contributed by atoms with Crippen molar-refractivity contribution in [1.29, 1.82) is 0 Å². The summed E-state index contributed by atoms with van der Waals surface area (Å²) < 4.78 is 5.05. The molecule has 0 amide bonds. The standard InChI is InChI=1S/C8H17NO3/c1-4-12-6-5-9-8(2,3)7(10)11/h9H,4-6H2,1-3H3,(H,10,11). The number of aliphatic carboxylic acids is 1. The zero-order valence-corrected chi connectivity index (χ0v) is 7.89. The predicted molar refractivity (Wildman–Crippen MR) is 46.2 cm³/mol. The summed E-state index contributed by atoms with van der Waals surface area (Å²) in [7, 11) is 0. The molecule has 0 bridgehead atoms. The van der Waals surface area contributed by atoms with Gasteiger partial charge in [0.15, 0.2) is 0 Å². The molecule has 12 heavy (non-hydrogen) atoms. The van der Waals surface area contributed by atoms with E-state index in [2.05, 4.69) is 5.32 Å². The molecule has 72 valence electrons. The average Bonchev–Trinajstić information content (AvgIpc) is 1.98. The molecule has 0 heterocycles. The van der Waals surface area contributed by atoms with E-state index in [0.717, 1.165) is 0 Å². The Hall–Kier alpha value is -0.610. The Kier molecular flexibility index (Phi) is 4.85. The van der Waals surface area contributed by atoms with E-state index < -0.39 is 11.5 Å². The van der Waals surface area contributed by atoms with Gasteiger partial charge in [-0.15, -0.1) is 0 Å². The minimum Gasteiger partial charge on any atom is -0.480 e. The van der Waals surface area contributed by atoms with E-state index in [1.54, 1.807) is 13.8 Å². The van der Waals surface area contributed by atoms with Crippen LogP contribution in [0, 0.1) is 0 Å². The highest BCUT2D eigenvalue weighted by atomic mass is 16.5. The lowest BCUT2D eigenvalue weighted by atomic mass is 10.1. The van der Waals surface area contributed by atoms with E-state index in [4.69, 9.17) is 9.84 Å². The third-order valence-electron chi connectivity index (χ3n) is 1.55. The van der Waals surface area contributed by atoms with E-state index in [1.165, 1.54) is 0 Å². The molecule has 0 spiro atoms. The van der Waals surface area contributed by atoms with Crippen molar-refractivity contribution in [1.82, 2.24) is 5.32 Å². The Morgan fingerprint density at radius 1 is 1.58 bits per heavy atom. The monoisotopic (exact) mass is 175 g/mol. The fourth-order valence-corrected chi connectivity index (χ4v) is 0.656. The Balaban J connectivity index is 3.54. The molecule has 0 radical (unpaired) electrons. The van der Waals surface area contributed by atoms with Crippen molar-refractivity contribution in [3.63, 3.8) is 0 Å². The van der Waals surface area contributed by atoms with Crippen LogP contribution in [0.4, 0.5) is 0 Å². The van der Waals surface area contributed by atoms with Gasteiger partial charge in [-0.25, -0.2) is 0 Å². The van der Waals surface area contributed by atoms with E-state index in [1.807, 2.05) is 6.92 Å². The lowest BCUT2D eigenvalue weighted by Gasteiger charge is -2.20. The largest absolute Gasteiger partial charge is 0.480 e. The quantitative estimate of drug-likeness (QED) is 0.576. The molecular weight excluding hydrogens is 158 g/mol. The van der Waals surface area contributed by atoms with Crippen LogP contribution in [0.3, 0.4) is 0 Å². The first kappa shape index (κ1) is 11.4. The van der Waals surface area contributed by atoms with Crippen LogP contribution in [0.2, 0.25) is 0 Å². The van der Waals surface area contributed by atoms with Gasteiger partial charge in [0.2, 0.25) is 0 Å². The van der Waals surface area contributed by atoms with Gasteiger partial charge in [-0.05, 0) is 20.8 Å². The average molecular weight is 175 g/mol. The van der Waals surface area contributed by atoms with E-state index >= 15 is 0 Å². The summed E-state index contributed by atoms with van der Waals surface area (Å²) in [6.45, 7) is 6.93. The van der Waals surface area contributed by atoms with Crippen molar-refractivity contribution < 1.29 is 14.6 Å². The predicted octanol–water partition coefficient (Wildman–Crippen LogP) is 0.476. The summed E-state index contributed by atoms with van der Waals surface area (Å²) in [4.78, 5) is 10.6. The lowest BCUT2D eigenvalue weighted by Crippen LogP contribution is -2.47. The number of carboxylic acid groups (broad SMARTS) is 1. The third kappa shape index (κ3) is 4.31. The third-order valence-corrected chi connectivity index (χ3v) is 1.55. The van der Waals surface area contributed by atoms with Gasteiger partial charge in [0, 0.05) is 13.2 Å². The second-order valence-corrected chi connectivity index (χ2v) is 3.05. The molecule has 0 aromatic heterocycles. The topological polar surface area (TPSA) is 58.6 Å². The van der Waals surface area contributed by atoms with Crippen LogP contribution in [0.25, 0.3) is 0 Å². The van der Waals surface area contributed by atoms with Crippen molar-refractivity contribution in [2.45, 2.75) is 26.3 Å². The lowest BCUT2D eigenvalue weighted by molar-refractivity contribution is -0.143. The molecule has 0 saturated carbocycles. The normalized spacial score (nSPS) is 11.6. The van der Waals surface area contributed by atoms with E-state index in [0.29, 0.717) is 19.8 Å². The highest BCUT2D eigenvalue weighted by molar-refractivity contribution is 5.77. The van der Waals surface area contributed by atoms with E-state index in [9.17, 15) is 4.79 Å². The number of nitrogens with one attached hydrogen (secondary N) is 1. The number of carboxylic acids is 1. The number of ether oxygens (including phenoxy) is 1. The van der Waals surface area contributed by atoms with Crippen molar-refractivity contribution >= 4 is 5.97 Å². The zero-order valence-electron chi connectivity index (χ0n) is 7.89. The molecule has 4 nitrogen and oxygen atoms in total. The van der Waals surface area contributed by atoms with Crippen LogP contribution in [0.1, 0.15) is 20.8 Å². The van der Waals surface area contributed by atoms with Gasteiger partial charge in [0.1, 0.15) is 5.54 Å². The van der Waals surface area contributed by atoms with Crippen molar-refractivity contribution in [2.75, 3.05) is 19.8 Å². The Morgan fingerprint density at radius 3 is 2.58 bits per heavy atom. The number of rotatable bonds is 6. The highest BCUT2D eigenvalue weighted by Gasteiger charge is 2.25. The van der Waals surface area contributed by atoms with Gasteiger partial charge in [-0.2, -0.15) is 0 Å². The summed E-state index contributed by atoms with van der Waals surface area (Å²) in [5.41, 5.74) is -0.864. The maximum atomic E-state index is 10.6.